The van der Waals surface area contributed by atoms with Crippen LogP contribution < -0.4 is 15.4 Å². The number of nitrogens with zero attached hydrogens (tertiary/aromatic N) is 3. The van der Waals surface area contributed by atoms with E-state index in [2.05, 4.69) is 25.3 Å². The molecule has 3 N–H and O–H groups in total. The van der Waals surface area contributed by atoms with Gasteiger partial charge in [-0.05, 0) is 56.6 Å². The molecule has 1 heterocycles. The monoisotopic (exact) mass is 380 g/mol. The maximum Gasteiger partial charge on any atom is 0.264 e. The fourth-order valence-corrected chi connectivity index (χ4v) is 2.99. The zero-order valence-corrected chi connectivity index (χ0v) is 15.6. The van der Waals surface area contributed by atoms with Crippen molar-refractivity contribution in [2.45, 2.75) is 4.90 Å². The Morgan fingerprint density at radius 1 is 1.16 bits per heavy atom. The molecule has 0 atom stereocenters. The highest BCUT2D eigenvalue weighted by atomic mass is 32.2. The summed E-state index contributed by atoms with van der Waals surface area (Å²) < 4.78 is 26.9. The molecule has 0 unspecified atom stereocenters. The van der Waals surface area contributed by atoms with Crippen molar-refractivity contribution in [2.75, 3.05) is 37.2 Å². The Morgan fingerprint density at radius 3 is 2.40 bits per heavy atom. The second-order valence-corrected chi connectivity index (χ2v) is 7.48. The Bertz CT molecular complexity index is 795. The highest BCUT2D eigenvalue weighted by Crippen LogP contribution is 2.16. The van der Waals surface area contributed by atoms with Crippen LogP contribution in [0.4, 0.5) is 11.6 Å². The summed E-state index contributed by atoms with van der Waals surface area (Å²) >= 11 is 5.19. The van der Waals surface area contributed by atoms with Gasteiger partial charge in [-0.25, -0.2) is 23.1 Å². The molecule has 0 saturated carbocycles. The molecule has 0 bridgehead atoms. The number of hydrogen-bond donors (Lipinski definition) is 3. The number of aromatic nitrogens is 2. The van der Waals surface area contributed by atoms with Crippen LogP contribution in [-0.2, 0) is 10.0 Å². The van der Waals surface area contributed by atoms with Crippen LogP contribution in [0.1, 0.15) is 0 Å². The van der Waals surface area contributed by atoms with Crippen molar-refractivity contribution in [3.8, 4) is 0 Å². The van der Waals surface area contributed by atoms with Crippen molar-refractivity contribution in [3.05, 3.63) is 42.7 Å². The number of nitrogens with one attached hydrogen (secondary N) is 3. The lowest BCUT2D eigenvalue weighted by Gasteiger charge is -2.13. The summed E-state index contributed by atoms with van der Waals surface area (Å²) in [4.78, 5) is 9.84. The molecule has 1 aromatic heterocycles. The number of likely N-dealkylation sites (N-methyl/N-ethyl adjacent to an activating group) is 1. The molecular weight excluding hydrogens is 360 g/mol. The number of hydrogen-bond acceptors (Lipinski definition) is 6. The Labute approximate surface area is 152 Å². The SMILES string of the molecule is CN(C)CCNC(=S)Nc1ccc(S(=O)(=O)Nc2ncccn2)cc1. The van der Waals surface area contributed by atoms with E-state index in [1.807, 2.05) is 19.0 Å². The summed E-state index contributed by atoms with van der Waals surface area (Å²) in [6.07, 6.45) is 2.92. The van der Waals surface area contributed by atoms with Gasteiger partial charge in [0.05, 0.1) is 4.90 Å². The van der Waals surface area contributed by atoms with Gasteiger partial charge in [-0.3, -0.25) is 0 Å². The highest BCUT2D eigenvalue weighted by Gasteiger charge is 2.15. The zero-order valence-electron chi connectivity index (χ0n) is 13.9. The average Bonchev–Trinajstić information content (AvgIpc) is 2.55. The van der Waals surface area contributed by atoms with Crippen LogP contribution in [0, 0.1) is 0 Å². The third-order valence-corrected chi connectivity index (χ3v) is 4.65. The second-order valence-electron chi connectivity index (χ2n) is 5.39. The van der Waals surface area contributed by atoms with Crippen LogP contribution >= 0.6 is 12.2 Å². The number of thiocarbonyl (C=S) groups is 1. The minimum Gasteiger partial charge on any atom is -0.361 e. The molecule has 10 heteroatoms. The van der Waals surface area contributed by atoms with Crippen LogP contribution in [0.2, 0.25) is 0 Å². The normalized spacial score (nSPS) is 11.2. The average molecular weight is 380 g/mol. The van der Waals surface area contributed by atoms with Crippen LogP contribution in [0.15, 0.2) is 47.6 Å². The van der Waals surface area contributed by atoms with E-state index in [4.69, 9.17) is 12.2 Å². The topological polar surface area (TPSA) is 99.2 Å². The minimum absolute atomic E-state index is 0.0240. The molecule has 0 aliphatic carbocycles. The van der Waals surface area contributed by atoms with Crippen molar-refractivity contribution in [3.63, 3.8) is 0 Å². The smallest absolute Gasteiger partial charge is 0.264 e. The van der Waals surface area contributed by atoms with E-state index in [0.29, 0.717) is 17.3 Å². The van der Waals surface area contributed by atoms with E-state index in [1.165, 1.54) is 24.5 Å². The van der Waals surface area contributed by atoms with Crippen molar-refractivity contribution in [1.82, 2.24) is 20.2 Å². The standard InChI is InChI=1S/C15H20N6O2S2/c1-21(2)11-10-18-15(24)19-12-4-6-13(7-5-12)25(22,23)20-14-16-8-3-9-17-14/h3-9H,10-11H2,1-2H3,(H,16,17,20)(H2,18,19,24). The molecule has 2 aromatic rings. The first-order chi connectivity index (χ1) is 11.9. The lowest BCUT2D eigenvalue weighted by atomic mass is 10.3. The third-order valence-electron chi connectivity index (χ3n) is 3.06. The van der Waals surface area contributed by atoms with E-state index >= 15 is 0 Å². The molecule has 0 aliphatic heterocycles. The number of anilines is 2. The molecule has 0 aliphatic rings. The molecule has 2 rings (SSSR count). The van der Waals surface area contributed by atoms with Crippen LogP contribution in [0.3, 0.4) is 0 Å². The molecule has 0 radical (unpaired) electrons. The highest BCUT2D eigenvalue weighted by molar-refractivity contribution is 7.92. The molecule has 0 saturated heterocycles. The molecule has 0 fully saturated rings. The quantitative estimate of drug-likeness (QED) is 0.615. The summed E-state index contributed by atoms with van der Waals surface area (Å²) in [6, 6.07) is 7.85. The molecule has 134 valence electrons. The van der Waals surface area contributed by atoms with Gasteiger partial charge in [0.1, 0.15) is 0 Å². The van der Waals surface area contributed by atoms with Crippen LogP contribution in [-0.4, -0.2) is 55.6 Å². The van der Waals surface area contributed by atoms with Gasteiger partial charge in [-0.1, -0.05) is 0 Å². The van der Waals surface area contributed by atoms with Gasteiger partial charge in [0.2, 0.25) is 5.95 Å². The summed E-state index contributed by atoms with van der Waals surface area (Å²) in [5, 5.41) is 6.56. The van der Waals surface area contributed by atoms with Gasteiger partial charge < -0.3 is 15.5 Å². The summed E-state index contributed by atoms with van der Waals surface area (Å²) in [5.74, 6) is 0.0240. The summed E-state index contributed by atoms with van der Waals surface area (Å²) in [5.41, 5.74) is 0.692. The van der Waals surface area contributed by atoms with E-state index in [1.54, 1.807) is 18.2 Å². The van der Waals surface area contributed by atoms with Gasteiger partial charge in [-0.15, -0.1) is 0 Å². The van der Waals surface area contributed by atoms with Gasteiger partial charge >= 0.3 is 0 Å². The van der Waals surface area contributed by atoms with E-state index in [0.717, 1.165) is 6.54 Å². The lowest BCUT2D eigenvalue weighted by molar-refractivity contribution is 0.413. The molecule has 0 amide bonds. The number of benzene rings is 1. The number of sulfonamides is 1. The molecule has 25 heavy (non-hydrogen) atoms. The third kappa shape index (κ3) is 6.25. The minimum atomic E-state index is -3.74. The Balaban J connectivity index is 1.96. The van der Waals surface area contributed by atoms with E-state index in [-0.39, 0.29) is 10.8 Å². The first-order valence-corrected chi connectivity index (χ1v) is 9.35. The maximum atomic E-state index is 12.3. The second kappa shape index (κ2) is 8.70. The first-order valence-electron chi connectivity index (χ1n) is 7.46. The van der Waals surface area contributed by atoms with Crippen molar-refractivity contribution < 1.29 is 8.42 Å². The first kappa shape index (κ1) is 19.0. The van der Waals surface area contributed by atoms with Crippen molar-refractivity contribution in [2.24, 2.45) is 0 Å². The van der Waals surface area contributed by atoms with E-state index in [9.17, 15) is 8.42 Å². The molecule has 0 spiro atoms. The summed E-state index contributed by atoms with van der Waals surface area (Å²) in [6.45, 7) is 1.57. The molecule has 8 nitrogen and oxygen atoms in total. The maximum absolute atomic E-state index is 12.3. The van der Waals surface area contributed by atoms with Gasteiger partial charge in [0.25, 0.3) is 10.0 Å². The van der Waals surface area contributed by atoms with Crippen LogP contribution in [0.25, 0.3) is 0 Å². The lowest BCUT2D eigenvalue weighted by Crippen LogP contribution is -2.34. The van der Waals surface area contributed by atoms with Gasteiger partial charge in [0, 0.05) is 31.2 Å². The van der Waals surface area contributed by atoms with Gasteiger partial charge in [0.15, 0.2) is 5.11 Å². The predicted octanol–water partition coefficient (Wildman–Crippen LogP) is 1.13. The Kier molecular flexibility index (Phi) is 6.62. The fraction of sp³-hybridized carbons (Fsp3) is 0.267. The largest absolute Gasteiger partial charge is 0.361 e. The Morgan fingerprint density at radius 2 is 1.80 bits per heavy atom. The van der Waals surface area contributed by atoms with Gasteiger partial charge in [-0.2, -0.15) is 0 Å². The summed E-state index contributed by atoms with van der Waals surface area (Å²) in [7, 11) is 0.217. The molecule has 1 aromatic carbocycles. The number of rotatable bonds is 7. The Hall–Kier alpha value is -2.30. The molecular formula is C15H20N6O2S2. The predicted molar refractivity (Wildman–Crippen MR) is 102 cm³/mol. The fourth-order valence-electron chi connectivity index (χ4n) is 1.82. The zero-order chi connectivity index (χ0) is 18.3. The van der Waals surface area contributed by atoms with Crippen molar-refractivity contribution in [1.29, 1.82) is 0 Å². The van der Waals surface area contributed by atoms with E-state index < -0.39 is 10.0 Å². The van der Waals surface area contributed by atoms with Crippen molar-refractivity contribution >= 4 is 39.0 Å². The van der Waals surface area contributed by atoms with Crippen LogP contribution in [0.5, 0.6) is 0 Å².